The van der Waals surface area contributed by atoms with Crippen molar-refractivity contribution in [1.82, 2.24) is 4.90 Å². The number of carbonyl (C=O) groups excluding carboxylic acids is 1. The number of benzene rings is 1. The Labute approximate surface area is 117 Å². The van der Waals surface area contributed by atoms with Crippen LogP contribution >= 0.6 is 0 Å². The Hall–Kier alpha value is -2.57. The van der Waals surface area contributed by atoms with E-state index in [4.69, 9.17) is 17.2 Å². The number of aliphatic imine (C=N–C) groups is 2. The maximum Gasteiger partial charge on any atom is 0.223 e. The highest BCUT2D eigenvalue weighted by Crippen LogP contribution is 2.24. The molecule has 0 saturated heterocycles. The van der Waals surface area contributed by atoms with Crippen molar-refractivity contribution in [2.75, 3.05) is 6.54 Å². The molecule has 0 fully saturated rings. The zero-order chi connectivity index (χ0) is 14.7. The molecule has 1 aromatic rings. The number of fused-ring (bicyclic) bond motifs is 1. The van der Waals surface area contributed by atoms with Crippen LogP contribution < -0.4 is 17.2 Å². The Morgan fingerprint density at radius 2 is 2.00 bits per heavy atom. The van der Waals surface area contributed by atoms with Crippen LogP contribution in [0.2, 0.25) is 0 Å². The molecule has 0 radical (unpaired) electrons. The lowest BCUT2D eigenvalue weighted by Gasteiger charge is -2.28. The summed E-state index contributed by atoms with van der Waals surface area (Å²) >= 11 is 0. The Balaban J connectivity index is 2.26. The lowest BCUT2D eigenvalue weighted by atomic mass is 9.99. The average Bonchev–Trinajstić information content (AvgIpc) is 2.36. The molecule has 0 aromatic heterocycles. The van der Waals surface area contributed by atoms with Crippen molar-refractivity contribution in [2.24, 2.45) is 27.2 Å². The molecule has 2 rings (SSSR count). The molecule has 1 heterocycles. The number of guanidine groups is 2. The van der Waals surface area contributed by atoms with Gasteiger partial charge in [-0.2, -0.15) is 4.99 Å². The molecular weight excluding hydrogens is 256 g/mol. The van der Waals surface area contributed by atoms with Gasteiger partial charge in [0, 0.05) is 20.0 Å². The van der Waals surface area contributed by atoms with Crippen LogP contribution in [0, 0.1) is 0 Å². The second kappa shape index (κ2) is 5.60. The first-order valence-corrected chi connectivity index (χ1v) is 6.27. The Morgan fingerprint density at radius 1 is 1.25 bits per heavy atom. The van der Waals surface area contributed by atoms with Gasteiger partial charge in [0.2, 0.25) is 11.9 Å². The number of nitrogens with zero attached hydrogens (tertiary/aromatic N) is 3. The van der Waals surface area contributed by atoms with Gasteiger partial charge in [-0.15, -0.1) is 0 Å². The molecule has 0 unspecified atom stereocenters. The second-order valence-corrected chi connectivity index (χ2v) is 4.65. The van der Waals surface area contributed by atoms with Crippen molar-refractivity contribution in [2.45, 2.75) is 19.9 Å². The van der Waals surface area contributed by atoms with Gasteiger partial charge in [0.15, 0.2) is 5.96 Å². The molecule has 7 nitrogen and oxygen atoms in total. The van der Waals surface area contributed by atoms with Crippen LogP contribution in [0.3, 0.4) is 0 Å². The third-order valence-corrected chi connectivity index (χ3v) is 3.13. The van der Waals surface area contributed by atoms with E-state index in [2.05, 4.69) is 9.98 Å². The Bertz CT molecular complexity index is 589. The van der Waals surface area contributed by atoms with Crippen LogP contribution in [0.1, 0.15) is 18.1 Å². The molecule has 106 valence electrons. The third kappa shape index (κ3) is 3.25. The highest BCUT2D eigenvalue weighted by atomic mass is 16.2. The number of nitrogens with two attached hydrogens (primary N) is 3. The normalized spacial score (nSPS) is 14.7. The smallest absolute Gasteiger partial charge is 0.223 e. The fraction of sp³-hybridized carbons (Fsp3) is 0.308. The topological polar surface area (TPSA) is 123 Å². The van der Waals surface area contributed by atoms with E-state index in [1.807, 2.05) is 18.2 Å². The highest BCUT2D eigenvalue weighted by molar-refractivity contribution is 5.93. The van der Waals surface area contributed by atoms with Crippen LogP contribution in [-0.2, 0) is 17.8 Å². The lowest BCUT2D eigenvalue weighted by Crippen LogP contribution is -2.34. The molecule has 1 aliphatic heterocycles. The van der Waals surface area contributed by atoms with Crippen LogP contribution in [0.5, 0.6) is 0 Å². The minimum Gasteiger partial charge on any atom is -0.370 e. The molecule has 0 bridgehead atoms. The molecule has 0 saturated carbocycles. The van der Waals surface area contributed by atoms with Gasteiger partial charge in [-0.25, -0.2) is 4.99 Å². The molecule has 6 N–H and O–H groups in total. The fourth-order valence-corrected chi connectivity index (χ4v) is 2.17. The summed E-state index contributed by atoms with van der Waals surface area (Å²) in [5, 5.41) is 0. The van der Waals surface area contributed by atoms with Crippen molar-refractivity contribution in [3.05, 3.63) is 29.3 Å². The zero-order valence-corrected chi connectivity index (χ0v) is 11.3. The SMILES string of the molecule is CC(=O)N1CCc2ccc(N=C(N)N=C(N)N)cc2C1. The molecular formula is C13H18N6O. The quantitative estimate of drug-likeness (QED) is 0.485. The van der Waals surface area contributed by atoms with Crippen molar-refractivity contribution in [3.8, 4) is 0 Å². The van der Waals surface area contributed by atoms with Gasteiger partial charge in [0.1, 0.15) is 0 Å². The van der Waals surface area contributed by atoms with Crippen LogP contribution in [0.4, 0.5) is 5.69 Å². The van der Waals surface area contributed by atoms with E-state index in [-0.39, 0.29) is 17.8 Å². The first-order chi connectivity index (χ1) is 9.45. The lowest BCUT2D eigenvalue weighted by molar-refractivity contribution is -0.129. The largest absolute Gasteiger partial charge is 0.370 e. The number of carbonyl (C=O) groups is 1. The molecule has 20 heavy (non-hydrogen) atoms. The summed E-state index contributed by atoms with van der Waals surface area (Å²) in [5.74, 6) is -0.0549. The van der Waals surface area contributed by atoms with E-state index in [1.165, 1.54) is 5.56 Å². The van der Waals surface area contributed by atoms with Gasteiger partial charge < -0.3 is 22.1 Å². The maximum absolute atomic E-state index is 11.4. The van der Waals surface area contributed by atoms with E-state index in [1.54, 1.807) is 11.8 Å². The van der Waals surface area contributed by atoms with Gasteiger partial charge in [0.25, 0.3) is 0 Å². The predicted molar refractivity (Wildman–Crippen MR) is 78.3 cm³/mol. The number of hydrogen-bond acceptors (Lipinski definition) is 2. The van der Waals surface area contributed by atoms with Gasteiger partial charge in [-0.05, 0) is 29.7 Å². The van der Waals surface area contributed by atoms with E-state index in [9.17, 15) is 4.79 Å². The summed E-state index contributed by atoms with van der Waals surface area (Å²) in [5.41, 5.74) is 19.0. The van der Waals surface area contributed by atoms with E-state index < -0.39 is 0 Å². The maximum atomic E-state index is 11.4. The first kappa shape index (κ1) is 13.9. The van der Waals surface area contributed by atoms with Crippen molar-refractivity contribution in [3.63, 3.8) is 0 Å². The summed E-state index contributed by atoms with van der Waals surface area (Å²) in [6, 6.07) is 5.76. The molecule has 1 amide bonds. The number of rotatable bonds is 1. The third-order valence-electron chi connectivity index (χ3n) is 3.13. The highest BCUT2D eigenvalue weighted by Gasteiger charge is 2.18. The minimum absolute atomic E-state index is 0.00387. The van der Waals surface area contributed by atoms with E-state index in [0.29, 0.717) is 12.2 Å². The summed E-state index contributed by atoms with van der Waals surface area (Å²) in [6.45, 7) is 2.92. The van der Waals surface area contributed by atoms with Gasteiger partial charge >= 0.3 is 0 Å². The molecule has 0 spiro atoms. The first-order valence-electron chi connectivity index (χ1n) is 6.27. The molecule has 1 aliphatic rings. The fourth-order valence-electron chi connectivity index (χ4n) is 2.17. The van der Waals surface area contributed by atoms with Gasteiger partial charge in [-0.1, -0.05) is 6.07 Å². The average molecular weight is 274 g/mol. The summed E-state index contributed by atoms with van der Waals surface area (Å²) in [4.78, 5) is 21.0. The molecule has 0 atom stereocenters. The molecule has 0 aliphatic carbocycles. The minimum atomic E-state index is -0.132. The standard InChI is InChI=1S/C13H18N6O/c1-8(20)19-5-4-9-2-3-11(6-10(9)7-19)17-13(16)18-12(14)15/h2-3,6H,4-5,7H2,1H3,(H6,14,15,16,17,18). The van der Waals surface area contributed by atoms with Crippen LogP contribution in [0.25, 0.3) is 0 Å². The monoisotopic (exact) mass is 274 g/mol. The summed E-state index contributed by atoms with van der Waals surface area (Å²) in [7, 11) is 0. The second-order valence-electron chi connectivity index (χ2n) is 4.65. The molecule has 7 heteroatoms. The van der Waals surface area contributed by atoms with E-state index in [0.717, 1.165) is 18.5 Å². The Kier molecular flexibility index (Phi) is 3.88. The predicted octanol–water partition coefficient (Wildman–Crippen LogP) is -0.189. The summed E-state index contributed by atoms with van der Waals surface area (Å²) < 4.78 is 0. The number of hydrogen-bond donors (Lipinski definition) is 3. The van der Waals surface area contributed by atoms with Crippen LogP contribution in [-0.4, -0.2) is 29.3 Å². The van der Waals surface area contributed by atoms with Crippen molar-refractivity contribution >= 4 is 23.5 Å². The van der Waals surface area contributed by atoms with Crippen molar-refractivity contribution in [1.29, 1.82) is 0 Å². The zero-order valence-electron chi connectivity index (χ0n) is 11.3. The molecule has 1 aromatic carbocycles. The van der Waals surface area contributed by atoms with Crippen LogP contribution in [0.15, 0.2) is 28.2 Å². The number of amides is 1. The van der Waals surface area contributed by atoms with Crippen molar-refractivity contribution < 1.29 is 4.79 Å². The van der Waals surface area contributed by atoms with Gasteiger partial charge in [0.05, 0.1) is 5.69 Å². The Morgan fingerprint density at radius 3 is 2.65 bits per heavy atom. The van der Waals surface area contributed by atoms with E-state index >= 15 is 0 Å². The van der Waals surface area contributed by atoms with Gasteiger partial charge in [-0.3, -0.25) is 4.79 Å². The summed E-state index contributed by atoms with van der Waals surface area (Å²) in [6.07, 6.45) is 0.849.